The number of nitrogens with one attached hydrogen (secondary N) is 1. The van der Waals surface area contributed by atoms with Gasteiger partial charge in [0.15, 0.2) is 0 Å². The monoisotopic (exact) mass is 247 g/mol. The number of rotatable bonds is 5. The van der Waals surface area contributed by atoms with Gasteiger partial charge in [-0.15, -0.1) is 0 Å². The molecule has 2 heterocycles. The molecule has 0 unspecified atom stereocenters. The maximum atomic E-state index is 10.5. The van der Waals surface area contributed by atoms with Crippen molar-refractivity contribution >= 4 is 5.88 Å². The topological polar surface area (TPSA) is 81.2 Å². The molecule has 0 amide bonds. The molecule has 0 fully saturated rings. The second kappa shape index (κ2) is 5.42. The molecule has 6 heteroatoms. The molecule has 2 aromatic rings. The van der Waals surface area contributed by atoms with Gasteiger partial charge in [0.25, 0.3) is 0 Å². The second-order valence-electron chi connectivity index (χ2n) is 3.88. The van der Waals surface area contributed by atoms with Crippen LogP contribution in [0.25, 0.3) is 0 Å². The van der Waals surface area contributed by atoms with Gasteiger partial charge in [0.1, 0.15) is 10.7 Å². The number of hydrogen-bond acceptors (Lipinski definition) is 5. The standard InChI is InChI=1S/C12H13N3O3/c1-9(10-4-6-13-7-5-10)14-8-11-2-3-12(18-11)15(16)17/h2-7,9,14H,8H2,1H3/t9-/m0/s1. The third-order valence-corrected chi connectivity index (χ3v) is 2.62. The first-order chi connectivity index (χ1) is 8.66. The molecule has 0 spiro atoms. The molecule has 2 aromatic heterocycles. The van der Waals surface area contributed by atoms with Crippen LogP contribution in [0.4, 0.5) is 5.88 Å². The van der Waals surface area contributed by atoms with Gasteiger partial charge in [0, 0.05) is 18.4 Å². The summed E-state index contributed by atoms with van der Waals surface area (Å²) in [5, 5.41) is 13.7. The van der Waals surface area contributed by atoms with Crippen LogP contribution in [0.15, 0.2) is 41.1 Å². The quantitative estimate of drug-likeness (QED) is 0.648. The fourth-order valence-electron chi connectivity index (χ4n) is 1.58. The summed E-state index contributed by atoms with van der Waals surface area (Å²) in [5.41, 5.74) is 1.10. The highest BCUT2D eigenvalue weighted by molar-refractivity contribution is 5.18. The minimum absolute atomic E-state index is 0.122. The number of hydrogen-bond donors (Lipinski definition) is 1. The zero-order chi connectivity index (χ0) is 13.0. The number of aromatic nitrogens is 1. The van der Waals surface area contributed by atoms with E-state index >= 15 is 0 Å². The van der Waals surface area contributed by atoms with Crippen LogP contribution in [-0.4, -0.2) is 9.91 Å². The maximum absolute atomic E-state index is 10.5. The van der Waals surface area contributed by atoms with Gasteiger partial charge in [-0.3, -0.25) is 15.1 Å². The maximum Gasteiger partial charge on any atom is 0.433 e. The van der Waals surface area contributed by atoms with E-state index in [2.05, 4.69) is 10.3 Å². The molecule has 0 aliphatic carbocycles. The molecule has 6 nitrogen and oxygen atoms in total. The zero-order valence-corrected chi connectivity index (χ0v) is 9.87. The van der Waals surface area contributed by atoms with Crippen LogP contribution in [0.3, 0.4) is 0 Å². The fraction of sp³-hybridized carbons (Fsp3) is 0.250. The molecule has 0 aliphatic rings. The lowest BCUT2D eigenvalue weighted by Crippen LogP contribution is -2.17. The van der Waals surface area contributed by atoms with Crippen molar-refractivity contribution < 1.29 is 9.34 Å². The van der Waals surface area contributed by atoms with Crippen molar-refractivity contribution in [3.05, 3.63) is 58.1 Å². The van der Waals surface area contributed by atoms with Gasteiger partial charge in [-0.25, -0.2) is 0 Å². The highest BCUT2D eigenvalue weighted by Gasteiger charge is 2.12. The van der Waals surface area contributed by atoms with Crippen molar-refractivity contribution in [3.8, 4) is 0 Å². The fourth-order valence-corrected chi connectivity index (χ4v) is 1.58. The van der Waals surface area contributed by atoms with Gasteiger partial charge in [-0.05, 0) is 30.7 Å². The molecular formula is C12H13N3O3. The molecule has 0 aliphatic heterocycles. The Kier molecular flexibility index (Phi) is 3.69. The van der Waals surface area contributed by atoms with Crippen LogP contribution >= 0.6 is 0 Å². The van der Waals surface area contributed by atoms with E-state index in [9.17, 15) is 10.1 Å². The lowest BCUT2D eigenvalue weighted by Gasteiger charge is -2.12. The summed E-state index contributed by atoms with van der Waals surface area (Å²) < 4.78 is 5.06. The van der Waals surface area contributed by atoms with E-state index in [4.69, 9.17) is 4.42 Å². The Hall–Kier alpha value is -2.21. The number of pyridine rings is 1. The zero-order valence-electron chi connectivity index (χ0n) is 9.87. The van der Waals surface area contributed by atoms with E-state index < -0.39 is 4.92 Å². The molecule has 0 saturated carbocycles. The van der Waals surface area contributed by atoms with Crippen LogP contribution in [0.5, 0.6) is 0 Å². The first kappa shape index (κ1) is 12.3. The van der Waals surface area contributed by atoms with Crippen molar-refractivity contribution in [2.45, 2.75) is 19.5 Å². The van der Waals surface area contributed by atoms with E-state index in [0.29, 0.717) is 12.3 Å². The molecule has 1 N–H and O–H groups in total. The van der Waals surface area contributed by atoms with Crippen molar-refractivity contribution in [1.29, 1.82) is 0 Å². The third-order valence-electron chi connectivity index (χ3n) is 2.62. The minimum atomic E-state index is -0.546. The smallest absolute Gasteiger partial charge is 0.404 e. The summed E-state index contributed by atoms with van der Waals surface area (Å²) in [6.07, 6.45) is 3.45. The van der Waals surface area contributed by atoms with Crippen molar-refractivity contribution in [2.24, 2.45) is 0 Å². The number of furan rings is 1. The van der Waals surface area contributed by atoms with Gasteiger partial charge in [-0.1, -0.05) is 0 Å². The van der Waals surface area contributed by atoms with Gasteiger partial charge in [0.05, 0.1) is 12.6 Å². The lowest BCUT2D eigenvalue weighted by molar-refractivity contribution is -0.402. The highest BCUT2D eigenvalue weighted by atomic mass is 16.6. The molecule has 94 valence electrons. The Morgan fingerprint density at radius 2 is 2.11 bits per heavy atom. The van der Waals surface area contributed by atoms with Gasteiger partial charge >= 0.3 is 5.88 Å². The molecule has 0 saturated heterocycles. The predicted molar refractivity (Wildman–Crippen MR) is 64.9 cm³/mol. The van der Waals surface area contributed by atoms with E-state index in [0.717, 1.165) is 5.56 Å². The predicted octanol–water partition coefficient (Wildman–Crippen LogP) is 2.43. The van der Waals surface area contributed by atoms with Crippen LogP contribution in [-0.2, 0) is 6.54 Å². The van der Waals surface area contributed by atoms with E-state index in [1.807, 2.05) is 19.1 Å². The summed E-state index contributed by atoms with van der Waals surface area (Å²) in [5.74, 6) is 0.311. The van der Waals surface area contributed by atoms with Gasteiger partial charge < -0.3 is 9.73 Å². The molecule has 1 atom stereocenters. The summed E-state index contributed by atoms with van der Waals surface area (Å²) in [6, 6.07) is 6.92. The summed E-state index contributed by atoms with van der Waals surface area (Å²) >= 11 is 0. The SMILES string of the molecule is C[C@H](NCc1ccc([N+](=O)[O-])o1)c1ccncc1. The Balaban J connectivity index is 1.93. The highest BCUT2D eigenvalue weighted by Crippen LogP contribution is 2.17. The molecule has 18 heavy (non-hydrogen) atoms. The summed E-state index contributed by atoms with van der Waals surface area (Å²) in [6.45, 7) is 2.45. The molecular weight excluding hydrogens is 234 g/mol. The minimum Gasteiger partial charge on any atom is -0.404 e. The first-order valence-corrected chi connectivity index (χ1v) is 5.53. The van der Waals surface area contributed by atoms with Crippen LogP contribution in [0, 0.1) is 10.1 Å². The molecule has 0 bridgehead atoms. The third kappa shape index (κ3) is 2.92. The van der Waals surface area contributed by atoms with E-state index in [1.165, 1.54) is 6.07 Å². The second-order valence-corrected chi connectivity index (χ2v) is 3.88. The lowest BCUT2D eigenvalue weighted by atomic mass is 10.1. The Morgan fingerprint density at radius 1 is 1.39 bits per heavy atom. The normalized spacial score (nSPS) is 12.3. The molecule has 0 radical (unpaired) electrons. The Labute approximate surface area is 104 Å². The first-order valence-electron chi connectivity index (χ1n) is 5.53. The van der Waals surface area contributed by atoms with Gasteiger partial charge in [-0.2, -0.15) is 0 Å². The molecule has 2 rings (SSSR count). The largest absolute Gasteiger partial charge is 0.433 e. The van der Waals surface area contributed by atoms with E-state index in [-0.39, 0.29) is 11.9 Å². The van der Waals surface area contributed by atoms with Crippen molar-refractivity contribution in [3.63, 3.8) is 0 Å². The van der Waals surface area contributed by atoms with Crippen molar-refractivity contribution in [2.75, 3.05) is 0 Å². The summed E-state index contributed by atoms with van der Waals surface area (Å²) in [4.78, 5) is 13.9. The number of nitro groups is 1. The Morgan fingerprint density at radius 3 is 2.72 bits per heavy atom. The average molecular weight is 247 g/mol. The average Bonchev–Trinajstić information content (AvgIpc) is 2.86. The van der Waals surface area contributed by atoms with Crippen LogP contribution in [0.2, 0.25) is 0 Å². The van der Waals surface area contributed by atoms with Crippen LogP contribution in [0.1, 0.15) is 24.3 Å². The van der Waals surface area contributed by atoms with Gasteiger partial charge in [0.2, 0.25) is 0 Å². The van der Waals surface area contributed by atoms with E-state index in [1.54, 1.807) is 18.5 Å². The van der Waals surface area contributed by atoms with Crippen molar-refractivity contribution in [1.82, 2.24) is 10.3 Å². The summed E-state index contributed by atoms with van der Waals surface area (Å²) in [7, 11) is 0. The number of nitrogens with zero attached hydrogens (tertiary/aromatic N) is 2. The van der Waals surface area contributed by atoms with Crippen LogP contribution < -0.4 is 5.32 Å². The Bertz CT molecular complexity index is 524. The molecule has 0 aromatic carbocycles.